The van der Waals surface area contributed by atoms with E-state index in [-0.39, 0.29) is 17.7 Å². The summed E-state index contributed by atoms with van der Waals surface area (Å²) in [5, 5.41) is 3.20. The molecule has 0 radical (unpaired) electrons. The van der Waals surface area contributed by atoms with E-state index in [2.05, 4.69) is 22.3 Å². The average Bonchev–Trinajstić information content (AvgIpc) is 3.53. The fourth-order valence-electron chi connectivity index (χ4n) is 3.98. The molecule has 2 fully saturated rings. The van der Waals surface area contributed by atoms with E-state index in [1.807, 2.05) is 42.5 Å². The smallest absolute Gasteiger partial charge is 0.283 e. The van der Waals surface area contributed by atoms with Crippen LogP contribution in [0.1, 0.15) is 41.7 Å². The quantitative estimate of drug-likeness (QED) is 0.751. The monoisotopic (exact) mass is 378 g/mol. The van der Waals surface area contributed by atoms with E-state index in [1.54, 1.807) is 6.92 Å². The molecule has 2 aromatic rings. The minimum Gasteiger partial charge on any atom is -0.360 e. The van der Waals surface area contributed by atoms with Gasteiger partial charge in [-0.1, -0.05) is 30.3 Å². The standard InChI is InChI=1S/C23H27N3O2/c1-17(27)18-7-11-21(12-8-18)25-13-15-26(16-14-25)22(19-5-3-2-4-6-19)23(28)24-20-9-10-20/h2-8,11-12,20,22H,9-10,13-16H2,1H3,(H,24,28)/p+1/t22-/m1/s1. The zero-order valence-corrected chi connectivity index (χ0v) is 16.4. The molecule has 2 aromatic carbocycles. The minimum atomic E-state index is -0.149. The highest BCUT2D eigenvalue weighted by molar-refractivity contribution is 5.94. The van der Waals surface area contributed by atoms with Crippen LogP contribution in [0.4, 0.5) is 5.69 Å². The van der Waals surface area contributed by atoms with Gasteiger partial charge >= 0.3 is 0 Å². The predicted molar refractivity (Wildman–Crippen MR) is 110 cm³/mol. The van der Waals surface area contributed by atoms with Crippen LogP contribution in [0.5, 0.6) is 0 Å². The number of nitrogens with one attached hydrogen (secondary N) is 2. The number of anilines is 1. The van der Waals surface area contributed by atoms with E-state index in [0.29, 0.717) is 6.04 Å². The van der Waals surface area contributed by atoms with Crippen LogP contribution >= 0.6 is 0 Å². The van der Waals surface area contributed by atoms with Crippen molar-refractivity contribution >= 4 is 17.4 Å². The third kappa shape index (κ3) is 4.25. The number of benzene rings is 2. The highest BCUT2D eigenvalue weighted by Crippen LogP contribution is 2.21. The molecule has 1 saturated heterocycles. The van der Waals surface area contributed by atoms with Crippen molar-refractivity contribution in [2.24, 2.45) is 0 Å². The number of nitrogens with zero attached hydrogens (tertiary/aromatic N) is 1. The Balaban J connectivity index is 1.45. The Morgan fingerprint density at radius 2 is 1.64 bits per heavy atom. The van der Waals surface area contributed by atoms with Gasteiger partial charge in [-0.15, -0.1) is 0 Å². The van der Waals surface area contributed by atoms with Gasteiger partial charge in [0.05, 0.1) is 26.2 Å². The number of carbonyl (C=O) groups is 2. The van der Waals surface area contributed by atoms with Crippen LogP contribution in [0.25, 0.3) is 0 Å². The van der Waals surface area contributed by atoms with Crippen LogP contribution in [0.3, 0.4) is 0 Å². The molecule has 5 heteroatoms. The molecule has 1 atom stereocenters. The lowest BCUT2D eigenvalue weighted by Crippen LogP contribution is -3.16. The van der Waals surface area contributed by atoms with Crippen molar-refractivity contribution in [2.45, 2.75) is 31.8 Å². The van der Waals surface area contributed by atoms with Gasteiger partial charge in [-0.25, -0.2) is 0 Å². The summed E-state index contributed by atoms with van der Waals surface area (Å²) in [6.45, 7) is 5.20. The van der Waals surface area contributed by atoms with Crippen molar-refractivity contribution < 1.29 is 14.5 Å². The lowest BCUT2D eigenvalue weighted by molar-refractivity contribution is -0.922. The average molecular weight is 378 g/mol. The van der Waals surface area contributed by atoms with Crippen molar-refractivity contribution in [1.82, 2.24) is 5.32 Å². The Morgan fingerprint density at radius 1 is 1.00 bits per heavy atom. The summed E-state index contributed by atoms with van der Waals surface area (Å²) in [7, 11) is 0. The van der Waals surface area contributed by atoms with Crippen LogP contribution in [0.15, 0.2) is 54.6 Å². The lowest BCUT2D eigenvalue weighted by Gasteiger charge is -2.37. The summed E-state index contributed by atoms with van der Waals surface area (Å²) in [5.41, 5.74) is 2.98. The SMILES string of the molecule is CC(=O)c1ccc(N2CC[NH+]([C@@H](C(=O)NC3CC3)c3ccccc3)CC2)cc1. The van der Waals surface area contributed by atoms with E-state index in [0.717, 1.165) is 55.8 Å². The number of Topliss-reactive ketones (excluding diaryl/α,β-unsaturated/α-hetero) is 1. The van der Waals surface area contributed by atoms with Gasteiger partial charge in [0.25, 0.3) is 5.91 Å². The van der Waals surface area contributed by atoms with E-state index < -0.39 is 0 Å². The van der Waals surface area contributed by atoms with Gasteiger partial charge in [0.1, 0.15) is 0 Å². The second kappa shape index (κ2) is 8.15. The van der Waals surface area contributed by atoms with Crippen molar-refractivity contribution in [3.05, 3.63) is 65.7 Å². The van der Waals surface area contributed by atoms with Gasteiger partial charge in [0.2, 0.25) is 0 Å². The highest BCUT2D eigenvalue weighted by atomic mass is 16.2. The van der Waals surface area contributed by atoms with Crippen LogP contribution < -0.4 is 15.1 Å². The number of carbonyl (C=O) groups excluding carboxylic acids is 2. The number of hydrogen-bond acceptors (Lipinski definition) is 3. The van der Waals surface area contributed by atoms with Crippen molar-refractivity contribution in [3.8, 4) is 0 Å². The van der Waals surface area contributed by atoms with Crippen LogP contribution in [-0.2, 0) is 4.79 Å². The molecule has 1 aliphatic heterocycles. The Morgan fingerprint density at radius 3 is 2.21 bits per heavy atom. The topological polar surface area (TPSA) is 53.9 Å². The van der Waals surface area contributed by atoms with Gasteiger partial charge in [0.15, 0.2) is 11.8 Å². The molecule has 1 aliphatic carbocycles. The summed E-state index contributed by atoms with van der Waals surface area (Å²) >= 11 is 0. The molecular weight excluding hydrogens is 350 g/mol. The molecule has 2 N–H and O–H groups in total. The molecule has 0 bridgehead atoms. The van der Waals surface area contributed by atoms with E-state index in [1.165, 1.54) is 4.90 Å². The molecule has 0 unspecified atom stereocenters. The molecule has 1 amide bonds. The zero-order chi connectivity index (χ0) is 19.5. The summed E-state index contributed by atoms with van der Waals surface area (Å²) < 4.78 is 0. The number of amides is 1. The maximum atomic E-state index is 13.0. The number of quaternary nitrogens is 1. The number of ketones is 1. The first-order valence-corrected chi connectivity index (χ1v) is 10.2. The maximum absolute atomic E-state index is 13.0. The third-order valence-electron chi connectivity index (χ3n) is 5.77. The van der Waals surface area contributed by atoms with Crippen LogP contribution in [-0.4, -0.2) is 43.9 Å². The molecule has 1 saturated carbocycles. The molecule has 146 valence electrons. The molecule has 0 spiro atoms. The fourth-order valence-corrected chi connectivity index (χ4v) is 3.98. The number of piperazine rings is 1. The van der Waals surface area contributed by atoms with E-state index in [9.17, 15) is 9.59 Å². The summed E-state index contributed by atoms with van der Waals surface area (Å²) in [6, 6.07) is 18.2. The Kier molecular flexibility index (Phi) is 5.44. The molecule has 28 heavy (non-hydrogen) atoms. The normalized spacial score (nSPS) is 18.5. The van der Waals surface area contributed by atoms with Gasteiger partial charge in [-0.2, -0.15) is 0 Å². The zero-order valence-electron chi connectivity index (χ0n) is 16.4. The molecule has 4 rings (SSSR count). The van der Waals surface area contributed by atoms with Gasteiger partial charge in [-0.3, -0.25) is 9.59 Å². The molecular formula is C23H28N3O2+. The highest BCUT2D eigenvalue weighted by Gasteiger charge is 2.36. The molecule has 1 heterocycles. The number of hydrogen-bond donors (Lipinski definition) is 2. The van der Waals surface area contributed by atoms with Crippen molar-refractivity contribution in [1.29, 1.82) is 0 Å². The largest absolute Gasteiger partial charge is 0.360 e. The summed E-state index contributed by atoms with van der Waals surface area (Å²) in [5.74, 6) is 0.246. The van der Waals surface area contributed by atoms with E-state index in [4.69, 9.17) is 0 Å². The fraction of sp³-hybridized carbons (Fsp3) is 0.391. The van der Waals surface area contributed by atoms with Gasteiger partial charge in [-0.05, 0) is 44.0 Å². The molecule has 0 aromatic heterocycles. The summed E-state index contributed by atoms with van der Waals surface area (Å²) in [4.78, 5) is 28.1. The Bertz CT molecular complexity index is 823. The third-order valence-corrected chi connectivity index (χ3v) is 5.77. The second-order valence-corrected chi connectivity index (χ2v) is 7.87. The first-order valence-electron chi connectivity index (χ1n) is 10.2. The van der Waals surface area contributed by atoms with Crippen LogP contribution in [0, 0.1) is 0 Å². The summed E-state index contributed by atoms with van der Waals surface area (Å²) in [6.07, 6.45) is 2.21. The number of rotatable bonds is 6. The predicted octanol–water partition coefficient (Wildman–Crippen LogP) is 1.61. The Labute approximate surface area is 166 Å². The molecule has 5 nitrogen and oxygen atoms in total. The Hall–Kier alpha value is -2.66. The lowest BCUT2D eigenvalue weighted by atomic mass is 10.0. The van der Waals surface area contributed by atoms with E-state index >= 15 is 0 Å². The maximum Gasteiger partial charge on any atom is 0.283 e. The van der Waals surface area contributed by atoms with Crippen molar-refractivity contribution in [2.75, 3.05) is 31.1 Å². The van der Waals surface area contributed by atoms with Gasteiger partial charge in [0, 0.05) is 22.9 Å². The molecule has 2 aliphatic rings. The van der Waals surface area contributed by atoms with Crippen molar-refractivity contribution in [3.63, 3.8) is 0 Å². The second-order valence-electron chi connectivity index (χ2n) is 7.87. The van der Waals surface area contributed by atoms with Gasteiger partial charge < -0.3 is 15.1 Å². The first kappa shape index (κ1) is 18.7. The van der Waals surface area contributed by atoms with Crippen LogP contribution in [0.2, 0.25) is 0 Å². The first-order chi connectivity index (χ1) is 13.6. The minimum absolute atomic E-state index is 0.0909.